The van der Waals surface area contributed by atoms with E-state index in [-0.39, 0.29) is 0 Å². The van der Waals surface area contributed by atoms with Gasteiger partial charge in [0.2, 0.25) is 0 Å². The number of nitrogens with one attached hydrogen (secondary N) is 1. The zero-order valence-corrected chi connectivity index (χ0v) is 13.2. The molecule has 3 heteroatoms. The van der Waals surface area contributed by atoms with Crippen molar-refractivity contribution >= 4 is 17.4 Å². The zero-order chi connectivity index (χ0) is 13.7. The molecule has 1 heterocycles. The molecule has 0 saturated heterocycles. The van der Waals surface area contributed by atoms with Crippen molar-refractivity contribution in [3.8, 4) is 0 Å². The maximum Gasteiger partial charge on any atom is 0.0372 e. The Hall–Kier alpha value is -0.670. The number of rotatable bonds is 6. The first-order chi connectivity index (χ1) is 9.24. The fourth-order valence-electron chi connectivity index (χ4n) is 2.94. The summed E-state index contributed by atoms with van der Waals surface area (Å²) in [6.45, 7) is 4.60. The molecule has 106 valence electrons. The van der Waals surface area contributed by atoms with Crippen LogP contribution < -0.4 is 5.32 Å². The third-order valence-corrected chi connectivity index (χ3v) is 4.83. The highest BCUT2D eigenvalue weighted by molar-refractivity contribution is 7.98. The first kappa shape index (κ1) is 14.7. The minimum Gasteiger partial charge on any atom is -0.384 e. The lowest BCUT2D eigenvalue weighted by molar-refractivity contribution is 0.218. The molecule has 2 rings (SSSR count). The standard InChI is InChI=1S/C16H26N2S/c1-4-15(12-19-3)18(2)11-13-9-14-7-5-6-8-16(14)17-10-13/h5-8,13,15,17H,4,9-12H2,1-3H3. The maximum absolute atomic E-state index is 3.58. The van der Waals surface area contributed by atoms with E-state index >= 15 is 0 Å². The van der Waals surface area contributed by atoms with Crippen molar-refractivity contribution in [2.75, 3.05) is 37.5 Å². The smallest absolute Gasteiger partial charge is 0.0372 e. The number of hydrogen-bond acceptors (Lipinski definition) is 3. The van der Waals surface area contributed by atoms with Gasteiger partial charge < -0.3 is 10.2 Å². The Morgan fingerprint density at radius 2 is 2.21 bits per heavy atom. The molecule has 19 heavy (non-hydrogen) atoms. The summed E-state index contributed by atoms with van der Waals surface area (Å²) >= 11 is 1.96. The Bertz CT molecular complexity index is 394. The molecule has 0 spiro atoms. The summed E-state index contributed by atoms with van der Waals surface area (Å²) in [6.07, 6.45) is 4.66. The van der Waals surface area contributed by atoms with Crippen molar-refractivity contribution in [1.82, 2.24) is 4.90 Å². The third kappa shape index (κ3) is 3.90. The molecule has 0 aliphatic carbocycles. The second-order valence-corrected chi connectivity index (χ2v) is 6.48. The second kappa shape index (κ2) is 7.20. The molecule has 0 bridgehead atoms. The number of benzene rings is 1. The maximum atomic E-state index is 3.58. The normalized spacial score (nSPS) is 19.9. The van der Waals surface area contributed by atoms with E-state index in [1.54, 1.807) is 0 Å². The Balaban J connectivity index is 1.91. The quantitative estimate of drug-likeness (QED) is 0.859. The van der Waals surface area contributed by atoms with E-state index in [0.29, 0.717) is 6.04 Å². The van der Waals surface area contributed by atoms with Crippen LogP contribution in [0, 0.1) is 5.92 Å². The van der Waals surface area contributed by atoms with Crippen molar-refractivity contribution in [3.63, 3.8) is 0 Å². The van der Waals surface area contributed by atoms with Gasteiger partial charge in [0.1, 0.15) is 0 Å². The summed E-state index contributed by atoms with van der Waals surface area (Å²) < 4.78 is 0. The van der Waals surface area contributed by atoms with Gasteiger partial charge in [0.25, 0.3) is 0 Å². The molecule has 0 radical (unpaired) electrons. The van der Waals surface area contributed by atoms with E-state index < -0.39 is 0 Å². The van der Waals surface area contributed by atoms with Crippen molar-refractivity contribution in [2.24, 2.45) is 5.92 Å². The molecular weight excluding hydrogens is 252 g/mol. The largest absolute Gasteiger partial charge is 0.384 e. The average Bonchev–Trinajstić information content (AvgIpc) is 2.44. The predicted molar refractivity (Wildman–Crippen MR) is 87.2 cm³/mol. The van der Waals surface area contributed by atoms with E-state index in [1.165, 1.54) is 36.4 Å². The lowest BCUT2D eigenvalue weighted by atomic mass is 9.93. The van der Waals surface area contributed by atoms with Gasteiger partial charge in [0.15, 0.2) is 0 Å². The molecule has 2 unspecified atom stereocenters. The van der Waals surface area contributed by atoms with Crippen molar-refractivity contribution in [2.45, 2.75) is 25.8 Å². The van der Waals surface area contributed by atoms with Crippen LogP contribution in [0.4, 0.5) is 5.69 Å². The number of thioether (sulfide) groups is 1. The molecule has 0 aromatic heterocycles. The number of fused-ring (bicyclic) bond motifs is 1. The molecule has 1 aliphatic rings. The van der Waals surface area contributed by atoms with Gasteiger partial charge in [-0.3, -0.25) is 0 Å². The van der Waals surface area contributed by atoms with Crippen molar-refractivity contribution in [1.29, 1.82) is 0 Å². The molecule has 0 saturated carbocycles. The molecule has 0 fully saturated rings. The number of para-hydroxylation sites is 1. The zero-order valence-electron chi connectivity index (χ0n) is 12.4. The first-order valence-electron chi connectivity index (χ1n) is 7.25. The minimum atomic E-state index is 0.715. The van der Waals surface area contributed by atoms with Gasteiger partial charge in [-0.25, -0.2) is 0 Å². The average molecular weight is 278 g/mol. The monoisotopic (exact) mass is 278 g/mol. The molecule has 1 aromatic rings. The predicted octanol–water partition coefficient (Wildman–Crippen LogP) is 3.34. The second-order valence-electron chi connectivity index (χ2n) is 5.57. The molecule has 1 N–H and O–H groups in total. The number of hydrogen-bond donors (Lipinski definition) is 1. The van der Waals surface area contributed by atoms with Gasteiger partial charge in [0.05, 0.1) is 0 Å². The lowest BCUT2D eigenvalue weighted by Crippen LogP contribution is -2.40. The summed E-state index contributed by atoms with van der Waals surface area (Å²) in [5.74, 6) is 1.97. The van der Waals surface area contributed by atoms with Gasteiger partial charge in [-0.05, 0) is 43.7 Å². The van der Waals surface area contributed by atoms with Crippen LogP contribution in [-0.2, 0) is 6.42 Å². The highest BCUT2D eigenvalue weighted by atomic mass is 32.2. The van der Waals surface area contributed by atoms with Crippen LogP contribution >= 0.6 is 11.8 Å². The lowest BCUT2D eigenvalue weighted by Gasteiger charge is -2.33. The number of nitrogens with zero attached hydrogens (tertiary/aromatic N) is 1. The van der Waals surface area contributed by atoms with E-state index in [1.807, 2.05) is 11.8 Å². The van der Waals surface area contributed by atoms with Crippen LogP contribution in [0.3, 0.4) is 0 Å². The van der Waals surface area contributed by atoms with Crippen molar-refractivity contribution < 1.29 is 0 Å². The van der Waals surface area contributed by atoms with Gasteiger partial charge in [0, 0.05) is 30.6 Å². The molecule has 2 nitrogen and oxygen atoms in total. The molecule has 1 aliphatic heterocycles. The number of anilines is 1. The Morgan fingerprint density at radius 1 is 1.42 bits per heavy atom. The van der Waals surface area contributed by atoms with Crippen molar-refractivity contribution in [3.05, 3.63) is 29.8 Å². The van der Waals surface area contributed by atoms with Crippen LogP contribution in [0.15, 0.2) is 24.3 Å². The summed E-state index contributed by atoms with van der Waals surface area (Å²) in [6, 6.07) is 9.43. The van der Waals surface area contributed by atoms with Crippen LogP contribution in [0.2, 0.25) is 0 Å². The van der Waals surface area contributed by atoms with E-state index in [2.05, 4.69) is 54.7 Å². The topological polar surface area (TPSA) is 15.3 Å². The minimum absolute atomic E-state index is 0.715. The third-order valence-electron chi connectivity index (χ3n) is 4.11. The fraction of sp³-hybridized carbons (Fsp3) is 0.625. The van der Waals surface area contributed by atoms with Gasteiger partial charge in [-0.15, -0.1) is 0 Å². The summed E-state index contributed by atoms with van der Waals surface area (Å²) in [7, 11) is 2.28. The highest BCUT2D eigenvalue weighted by Gasteiger charge is 2.21. The van der Waals surface area contributed by atoms with Gasteiger partial charge in [-0.1, -0.05) is 25.1 Å². The van der Waals surface area contributed by atoms with E-state index in [4.69, 9.17) is 0 Å². The first-order valence-corrected chi connectivity index (χ1v) is 8.65. The van der Waals surface area contributed by atoms with E-state index in [0.717, 1.165) is 12.5 Å². The fourth-order valence-corrected chi connectivity index (χ4v) is 3.82. The van der Waals surface area contributed by atoms with Crippen LogP contribution in [-0.4, -0.2) is 43.1 Å². The summed E-state index contributed by atoms with van der Waals surface area (Å²) in [5, 5.41) is 3.58. The molecule has 0 amide bonds. The van der Waals surface area contributed by atoms with Gasteiger partial charge >= 0.3 is 0 Å². The Kier molecular flexibility index (Phi) is 5.59. The summed E-state index contributed by atoms with van der Waals surface area (Å²) in [5.41, 5.74) is 2.81. The Morgan fingerprint density at radius 3 is 2.95 bits per heavy atom. The van der Waals surface area contributed by atoms with Crippen LogP contribution in [0.1, 0.15) is 18.9 Å². The van der Waals surface area contributed by atoms with E-state index in [9.17, 15) is 0 Å². The SMILES string of the molecule is CCC(CSC)N(C)CC1CNc2ccccc2C1. The molecular formula is C16H26N2S. The van der Waals surface area contributed by atoms with Crippen LogP contribution in [0.5, 0.6) is 0 Å². The summed E-state index contributed by atoms with van der Waals surface area (Å²) in [4.78, 5) is 2.55. The molecule has 2 atom stereocenters. The Labute approximate surface area is 122 Å². The van der Waals surface area contributed by atoms with Gasteiger partial charge in [-0.2, -0.15) is 11.8 Å². The highest BCUT2D eigenvalue weighted by Crippen LogP contribution is 2.25. The molecule has 1 aromatic carbocycles. The van der Waals surface area contributed by atoms with Crippen LogP contribution in [0.25, 0.3) is 0 Å².